The standard InChI is InChI=1S/C29H28O3/c1-28(2,20-11-7-5-8-12-20)22-15-19-16-24(27(31)32)26(30)18-23(19)25(17-22)29(3,4)21-13-9-6-10-14-21/h5-18,30H,1-4H3,(H,31,32). The van der Waals surface area contributed by atoms with E-state index in [0.717, 1.165) is 27.5 Å². The van der Waals surface area contributed by atoms with Crippen molar-refractivity contribution in [3.63, 3.8) is 0 Å². The van der Waals surface area contributed by atoms with Gasteiger partial charge in [0.25, 0.3) is 0 Å². The molecule has 4 rings (SSSR count). The van der Waals surface area contributed by atoms with Crippen LogP contribution in [0.2, 0.25) is 0 Å². The summed E-state index contributed by atoms with van der Waals surface area (Å²) in [5.74, 6) is -1.36. The summed E-state index contributed by atoms with van der Waals surface area (Å²) in [6.07, 6.45) is 0. The Morgan fingerprint density at radius 1 is 0.688 bits per heavy atom. The first-order valence-electron chi connectivity index (χ1n) is 10.8. The second kappa shape index (κ2) is 7.83. The van der Waals surface area contributed by atoms with Gasteiger partial charge in [-0.25, -0.2) is 4.79 Å². The molecule has 0 unspecified atom stereocenters. The fourth-order valence-corrected chi connectivity index (χ4v) is 4.48. The molecule has 0 aliphatic heterocycles. The van der Waals surface area contributed by atoms with Gasteiger partial charge in [0.1, 0.15) is 11.3 Å². The number of rotatable bonds is 5. The molecule has 0 saturated carbocycles. The number of carbonyl (C=O) groups is 1. The number of aromatic hydroxyl groups is 1. The molecule has 0 saturated heterocycles. The third-order valence-electron chi connectivity index (χ3n) is 6.69. The molecule has 0 heterocycles. The van der Waals surface area contributed by atoms with Crippen molar-refractivity contribution in [2.45, 2.75) is 38.5 Å². The van der Waals surface area contributed by atoms with E-state index in [1.54, 1.807) is 12.1 Å². The minimum absolute atomic E-state index is 0.0874. The van der Waals surface area contributed by atoms with Crippen LogP contribution in [0.4, 0.5) is 0 Å². The summed E-state index contributed by atoms with van der Waals surface area (Å²) in [7, 11) is 0. The van der Waals surface area contributed by atoms with Crippen molar-refractivity contribution in [3.8, 4) is 5.75 Å². The fourth-order valence-electron chi connectivity index (χ4n) is 4.48. The van der Waals surface area contributed by atoms with Gasteiger partial charge < -0.3 is 10.2 Å². The van der Waals surface area contributed by atoms with Crippen LogP contribution in [0.25, 0.3) is 10.8 Å². The van der Waals surface area contributed by atoms with E-state index in [1.165, 1.54) is 5.56 Å². The average molecular weight is 425 g/mol. The third-order valence-corrected chi connectivity index (χ3v) is 6.69. The Morgan fingerprint density at radius 2 is 1.22 bits per heavy atom. The van der Waals surface area contributed by atoms with E-state index in [4.69, 9.17) is 0 Å². The molecule has 162 valence electrons. The molecule has 2 N–H and O–H groups in total. The first-order valence-corrected chi connectivity index (χ1v) is 10.8. The summed E-state index contributed by atoms with van der Waals surface area (Å²) in [4.78, 5) is 11.7. The number of hydrogen-bond acceptors (Lipinski definition) is 2. The van der Waals surface area contributed by atoms with Gasteiger partial charge in [-0.1, -0.05) is 100 Å². The van der Waals surface area contributed by atoms with Gasteiger partial charge in [0.15, 0.2) is 0 Å². The maximum atomic E-state index is 11.7. The SMILES string of the molecule is CC(C)(c1ccccc1)c1cc(C(C)(C)c2ccccc2)c2cc(O)c(C(=O)O)cc2c1. The van der Waals surface area contributed by atoms with Crippen LogP contribution in [0, 0.1) is 0 Å². The molecular weight excluding hydrogens is 396 g/mol. The molecule has 4 aromatic carbocycles. The first-order chi connectivity index (χ1) is 15.1. The van der Waals surface area contributed by atoms with Crippen molar-refractivity contribution in [1.82, 2.24) is 0 Å². The van der Waals surface area contributed by atoms with Gasteiger partial charge in [-0.15, -0.1) is 0 Å². The van der Waals surface area contributed by atoms with Gasteiger partial charge in [0.05, 0.1) is 0 Å². The lowest BCUT2D eigenvalue weighted by molar-refractivity contribution is 0.0694. The van der Waals surface area contributed by atoms with E-state index < -0.39 is 5.97 Å². The van der Waals surface area contributed by atoms with E-state index in [9.17, 15) is 15.0 Å². The molecule has 3 heteroatoms. The zero-order chi connectivity index (χ0) is 23.1. The highest BCUT2D eigenvalue weighted by atomic mass is 16.4. The lowest BCUT2D eigenvalue weighted by atomic mass is 9.71. The van der Waals surface area contributed by atoms with Gasteiger partial charge in [-0.3, -0.25) is 0 Å². The van der Waals surface area contributed by atoms with Crippen LogP contribution in [0.1, 0.15) is 60.3 Å². The molecule has 0 atom stereocenters. The zero-order valence-corrected chi connectivity index (χ0v) is 18.9. The Bertz CT molecular complexity index is 1290. The van der Waals surface area contributed by atoms with Gasteiger partial charge in [0.2, 0.25) is 0 Å². The monoisotopic (exact) mass is 424 g/mol. The topological polar surface area (TPSA) is 57.5 Å². The lowest BCUT2D eigenvalue weighted by Gasteiger charge is -2.32. The maximum Gasteiger partial charge on any atom is 0.339 e. The lowest BCUT2D eigenvalue weighted by Crippen LogP contribution is -2.23. The summed E-state index contributed by atoms with van der Waals surface area (Å²) in [5.41, 5.74) is 3.73. The number of benzene rings is 4. The predicted molar refractivity (Wildman–Crippen MR) is 130 cm³/mol. The van der Waals surface area contributed by atoms with Gasteiger partial charge in [-0.2, -0.15) is 0 Å². The Kier molecular flexibility index (Phi) is 5.29. The molecule has 0 bridgehead atoms. The molecule has 4 aromatic rings. The van der Waals surface area contributed by atoms with E-state index in [2.05, 4.69) is 64.1 Å². The van der Waals surface area contributed by atoms with Crippen LogP contribution >= 0.6 is 0 Å². The summed E-state index contributed by atoms with van der Waals surface area (Å²) in [6, 6.07) is 28.0. The molecule has 0 radical (unpaired) electrons. The number of phenols is 1. The maximum absolute atomic E-state index is 11.7. The minimum atomic E-state index is -1.14. The Morgan fingerprint density at radius 3 is 1.75 bits per heavy atom. The number of fused-ring (bicyclic) bond motifs is 1. The van der Waals surface area contributed by atoms with Gasteiger partial charge in [0, 0.05) is 10.8 Å². The molecule has 0 fully saturated rings. The highest BCUT2D eigenvalue weighted by molar-refractivity contribution is 5.99. The summed E-state index contributed by atoms with van der Waals surface area (Å²) < 4.78 is 0. The highest BCUT2D eigenvalue weighted by Crippen LogP contribution is 2.42. The molecule has 0 amide bonds. The molecular formula is C29H28O3. The van der Waals surface area contributed by atoms with Gasteiger partial charge in [-0.05, 0) is 45.2 Å². The largest absolute Gasteiger partial charge is 0.507 e. The van der Waals surface area contributed by atoms with Gasteiger partial charge >= 0.3 is 5.97 Å². The second-order valence-electron chi connectivity index (χ2n) is 9.40. The summed E-state index contributed by atoms with van der Waals surface area (Å²) in [5, 5.41) is 21.7. The molecule has 32 heavy (non-hydrogen) atoms. The normalized spacial score (nSPS) is 12.1. The second-order valence-corrected chi connectivity index (χ2v) is 9.40. The quantitative estimate of drug-likeness (QED) is 0.366. The van der Waals surface area contributed by atoms with Crippen molar-refractivity contribution in [2.75, 3.05) is 0 Å². The van der Waals surface area contributed by atoms with Crippen LogP contribution in [0.5, 0.6) is 5.75 Å². The fraction of sp³-hybridized carbons (Fsp3) is 0.207. The molecule has 0 aliphatic rings. The van der Waals surface area contributed by atoms with E-state index >= 15 is 0 Å². The zero-order valence-electron chi connectivity index (χ0n) is 18.9. The van der Waals surface area contributed by atoms with E-state index in [0.29, 0.717) is 0 Å². The molecule has 0 aromatic heterocycles. The predicted octanol–water partition coefficient (Wildman–Crippen LogP) is 6.90. The van der Waals surface area contributed by atoms with Crippen LogP contribution < -0.4 is 0 Å². The van der Waals surface area contributed by atoms with E-state index in [-0.39, 0.29) is 22.1 Å². The summed E-state index contributed by atoms with van der Waals surface area (Å²) >= 11 is 0. The van der Waals surface area contributed by atoms with E-state index in [1.807, 2.05) is 36.4 Å². The number of hydrogen-bond donors (Lipinski definition) is 2. The number of carboxylic acids is 1. The minimum Gasteiger partial charge on any atom is -0.507 e. The Hall–Kier alpha value is -3.59. The molecule has 3 nitrogen and oxygen atoms in total. The van der Waals surface area contributed by atoms with Crippen LogP contribution in [-0.2, 0) is 10.8 Å². The first kappa shape index (κ1) is 21.6. The van der Waals surface area contributed by atoms with Crippen molar-refractivity contribution in [1.29, 1.82) is 0 Å². The molecule has 0 aliphatic carbocycles. The van der Waals surface area contributed by atoms with Crippen LogP contribution in [0.3, 0.4) is 0 Å². The van der Waals surface area contributed by atoms with Crippen LogP contribution in [0.15, 0.2) is 84.9 Å². The summed E-state index contributed by atoms with van der Waals surface area (Å²) in [6.45, 7) is 8.69. The third kappa shape index (κ3) is 3.64. The number of carboxylic acid groups (broad SMARTS) is 1. The van der Waals surface area contributed by atoms with Crippen molar-refractivity contribution >= 4 is 16.7 Å². The highest BCUT2D eigenvalue weighted by Gasteiger charge is 2.30. The van der Waals surface area contributed by atoms with Crippen molar-refractivity contribution in [3.05, 3.63) is 113 Å². The van der Waals surface area contributed by atoms with Crippen molar-refractivity contribution < 1.29 is 15.0 Å². The van der Waals surface area contributed by atoms with Crippen LogP contribution in [-0.4, -0.2) is 16.2 Å². The van der Waals surface area contributed by atoms with Crippen molar-refractivity contribution in [2.24, 2.45) is 0 Å². The molecule has 0 spiro atoms. The average Bonchev–Trinajstić information content (AvgIpc) is 2.79. The number of aromatic carboxylic acids is 1. The Balaban J connectivity index is 2.05. The Labute approximate surface area is 189 Å². The smallest absolute Gasteiger partial charge is 0.339 e.